The molecule has 0 heterocycles. The minimum Gasteiger partial charge on any atom is -0.394 e. The molecule has 0 aliphatic rings. The summed E-state index contributed by atoms with van der Waals surface area (Å²) >= 11 is 0. The molecule has 0 aromatic rings. The van der Waals surface area contributed by atoms with Gasteiger partial charge >= 0.3 is 0 Å². The van der Waals surface area contributed by atoms with E-state index in [2.05, 4.69) is 11.9 Å². The Labute approximate surface area is 71.5 Å². The van der Waals surface area contributed by atoms with Crippen LogP contribution in [0.1, 0.15) is 6.92 Å². The molecule has 0 aromatic heterocycles. The van der Waals surface area contributed by atoms with Crippen LogP contribution in [0.4, 0.5) is 8.78 Å². The van der Waals surface area contributed by atoms with Gasteiger partial charge in [-0.1, -0.05) is 18.7 Å². The summed E-state index contributed by atoms with van der Waals surface area (Å²) in [4.78, 5) is 0. The van der Waals surface area contributed by atoms with Gasteiger partial charge in [0, 0.05) is 19.5 Å². The normalized spacial score (nSPS) is 13.5. The van der Waals surface area contributed by atoms with Crippen LogP contribution in [0.15, 0.2) is 36.6 Å². The lowest BCUT2D eigenvalue weighted by Crippen LogP contribution is -2.11. The maximum atomic E-state index is 12.6. The number of rotatable bonds is 4. The van der Waals surface area contributed by atoms with E-state index in [9.17, 15) is 8.78 Å². The Hall–Kier alpha value is -1.12. The number of hydrogen-bond donors (Lipinski definition) is 1. The second-order valence-electron chi connectivity index (χ2n) is 2.36. The van der Waals surface area contributed by atoms with Crippen LogP contribution in [0.25, 0.3) is 0 Å². The van der Waals surface area contributed by atoms with Crippen molar-refractivity contribution in [3.05, 3.63) is 36.6 Å². The van der Waals surface area contributed by atoms with E-state index >= 15 is 0 Å². The molecule has 3 heteroatoms. The van der Waals surface area contributed by atoms with Crippen molar-refractivity contribution in [3.63, 3.8) is 0 Å². The lowest BCUT2D eigenvalue weighted by atomic mass is 10.1. The molecule has 1 nitrogen and oxygen atoms in total. The zero-order valence-corrected chi connectivity index (χ0v) is 7.27. The number of halogens is 2. The van der Waals surface area contributed by atoms with E-state index in [-0.39, 0.29) is 5.57 Å². The summed E-state index contributed by atoms with van der Waals surface area (Å²) < 4.78 is 25.2. The van der Waals surface area contributed by atoms with E-state index < -0.39 is 5.92 Å². The molecule has 1 N–H and O–H groups in total. The van der Waals surface area contributed by atoms with Crippen LogP contribution in [-0.2, 0) is 0 Å². The van der Waals surface area contributed by atoms with Crippen LogP contribution < -0.4 is 5.32 Å². The fraction of sp³-hybridized carbons (Fsp3) is 0.333. The average Bonchev–Trinajstić information content (AvgIpc) is 1.95. The van der Waals surface area contributed by atoms with E-state index in [4.69, 9.17) is 0 Å². The maximum absolute atomic E-state index is 12.6. The molecule has 0 fully saturated rings. The van der Waals surface area contributed by atoms with Gasteiger partial charge in [-0.3, -0.25) is 0 Å². The summed E-state index contributed by atoms with van der Waals surface area (Å²) in [5.41, 5.74) is -0.0889. The SMILES string of the molecule is C=C/C(=C\C=C/NC)C(C)(F)F. The van der Waals surface area contributed by atoms with Crippen LogP contribution in [0.3, 0.4) is 0 Å². The molecule has 0 radical (unpaired) electrons. The van der Waals surface area contributed by atoms with E-state index in [0.717, 1.165) is 13.0 Å². The topological polar surface area (TPSA) is 12.0 Å². The monoisotopic (exact) mass is 173 g/mol. The van der Waals surface area contributed by atoms with Crippen molar-refractivity contribution in [2.75, 3.05) is 7.05 Å². The smallest absolute Gasteiger partial charge is 0.270 e. The van der Waals surface area contributed by atoms with Gasteiger partial charge in [0.25, 0.3) is 5.92 Å². The van der Waals surface area contributed by atoms with Gasteiger partial charge in [-0.05, 0) is 12.3 Å². The highest BCUT2D eigenvalue weighted by Crippen LogP contribution is 2.23. The third kappa shape index (κ3) is 3.91. The molecule has 0 saturated heterocycles. The van der Waals surface area contributed by atoms with E-state index in [1.54, 1.807) is 13.2 Å². The van der Waals surface area contributed by atoms with Crippen LogP contribution >= 0.6 is 0 Å². The lowest BCUT2D eigenvalue weighted by Gasteiger charge is -2.09. The van der Waals surface area contributed by atoms with Gasteiger partial charge in [0.2, 0.25) is 0 Å². The predicted molar refractivity (Wildman–Crippen MR) is 47.1 cm³/mol. The van der Waals surface area contributed by atoms with Crippen molar-refractivity contribution in [3.8, 4) is 0 Å². The molecule has 68 valence electrons. The van der Waals surface area contributed by atoms with Crippen molar-refractivity contribution < 1.29 is 8.78 Å². The van der Waals surface area contributed by atoms with E-state index in [0.29, 0.717) is 0 Å². The predicted octanol–water partition coefficient (Wildman–Crippen LogP) is 2.49. The van der Waals surface area contributed by atoms with Gasteiger partial charge in [-0.25, -0.2) is 8.78 Å². The lowest BCUT2D eigenvalue weighted by molar-refractivity contribution is 0.0676. The molecule has 0 aliphatic carbocycles. The fourth-order valence-electron chi connectivity index (χ4n) is 0.642. The standard InChI is InChI=1S/C9H13F2N/c1-4-8(9(2,10)11)6-5-7-12-3/h4-7,12H,1H2,2-3H3/b7-5-,8-6+. The third-order valence-electron chi connectivity index (χ3n) is 1.27. The summed E-state index contributed by atoms with van der Waals surface area (Å²) in [5, 5.41) is 2.69. The third-order valence-corrected chi connectivity index (χ3v) is 1.27. The minimum absolute atomic E-state index is 0.0889. The molecule has 0 rings (SSSR count). The quantitative estimate of drug-likeness (QED) is 0.644. The largest absolute Gasteiger partial charge is 0.394 e. The Morgan fingerprint density at radius 1 is 1.50 bits per heavy atom. The van der Waals surface area contributed by atoms with Gasteiger partial charge in [-0.15, -0.1) is 0 Å². The van der Waals surface area contributed by atoms with Crippen LogP contribution in [0.2, 0.25) is 0 Å². The first-order valence-corrected chi connectivity index (χ1v) is 3.57. The molecular weight excluding hydrogens is 160 g/mol. The number of nitrogens with one attached hydrogen (secondary N) is 1. The second-order valence-corrected chi connectivity index (χ2v) is 2.36. The molecule has 0 aliphatic heterocycles. The summed E-state index contributed by atoms with van der Waals surface area (Å²) in [5.74, 6) is -2.82. The van der Waals surface area contributed by atoms with Gasteiger partial charge in [0.1, 0.15) is 0 Å². The molecule has 0 amide bonds. The van der Waals surface area contributed by atoms with E-state index in [1.807, 2.05) is 0 Å². The van der Waals surface area contributed by atoms with Gasteiger partial charge in [0.15, 0.2) is 0 Å². The summed E-state index contributed by atoms with van der Waals surface area (Å²) in [6.07, 6.45) is 5.55. The maximum Gasteiger partial charge on any atom is 0.270 e. The Balaban J connectivity index is 4.45. The first-order valence-electron chi connectivity index (χ1n) is 3.57. The van der Waals surface area contributed by atoms with Crippen molar-refractivity contribution >= 4 is 0 Å². The van der Waals surface area contributed by atoms with Crippen molar-refractivity contribution in [1.82, 2.24) is 5.32 Å². The number of allylic oxidation sites excluding steroid dienone is 4. The first kappa shape index (κ1) is 10.9. The molecule has 12 heavy (non-hydrogen) atoms. The molecule has 0 atom stereocenters. The zero-order chi connectivity index (χ0) is 9.61. The molecular formula is C9H13F2N. The van der Waals surface area contributed by atoms with Crippen LogP contribution in [-0.4, -0.2) is 13.0 Å². The zero-order valence-electron chi connectivity index (χ0n) is 7.27. The highest BCUT2D eigenvalue weighted by atomic mass is 19.3. The Bertz CT molecular complexity index is 199. The summed E-state index contributed by atoms with van der Waals surface area (Å²) in [7, 11) is 1.70. The second kappa shape index (κ2) is 4.70. The molecule has 0 unspecified atom stereocenters. The van der Waals surface area contributed by atoms with Crippen molar-refractivity contribution in [2.24, 2.45) is 0 Å². The van der Waals surface area contributed by atoms with Crippen molar-refractivity contribution in [2.45, 2.75) is 12.8 Å². The van der Waals surface area contributed by atoms with Crippen LogP contribution in [0.5, 0.6) is 0 Å². The molecule has 0 aromatic carbocycles. The summed E-state index contributed by atoms with van der Waals surface area (Å²) in [6, 6.07) is 0. The summed E-state index contributed by atoms with van der Waals surface area (Å²) in [6.45, 7) is 4.14. The molecule has 0 saturated carbocycles. The van der Waals surface area contributed by atoms with Gasteiger partial charge < -0.3 is 5.32 Å². The Morgan fingerprint density at radius 2 is 2.08 bits per heavy atom. The van der Waals surface area contributed by atoms with Crippen molar-refractivity contribution in [1.29, 1.82) is 0 Å². The van der Waals surface area contributed by atoms with E-state index in [1.165, 1.54) is 12.2 Å². The molecule has 0 spiro atoms. The Kier molecular flexibility index (Phi) is 4.26. The fourth-order valence-corrected chi connectivity index (χ4v) is 0.642. The van der Waals surface area contributed by atoms with Crippen LogP contribution in [0, 0.1) is 0 Å². The number of alkyl halides is 2. The highest BCUT2D eigenvalue weighted by molar-refractivity contribution is 5.27. The minimum atomic E-state index is -2.82. The highest BCUT2D eigenvalue weighted by Gasteiger charge is 2.23. The van der Waals surface area contributed by atoms with Gasteiger partial charge in [-0.2, -0.15) is 0 Å². The van der Waals surface area contributed by atoms with Gasteiger partial charge in [0.05, 0.1) is 0 Å². The number of hydrogen-bond acceptors (Lipinski definition) is 1. The first-order chi connectivity index (χ1) is 5.52. The Morgan fingerprint density at radius 3 is 2.42 bits per heavy atom. The molecule has 0 bridgehead atoms. The average molecular weight is 173 g/mol.